The van der Waals surface area contributed by atoms with Crippen LogP contribution in [0.5, 0.6) is 0 Å². The third-order valence-corrected chi connectivity index (χ3v) is 7.32. The van der Waals surface area contributed by atoms with Crippen LogP contribution >= 0.6 is 0 Å². The van der Waals surface area contributed by atoms with E-state index in [4.69, 9.17) is 4.74 Å². The first-order chi connectivity index (χ1) is 9.15. The van der Waals surface area contributed by atoms with Crippen molar-refractivity contribution >= 4 is 5.97 Å². The molecular weight excluding hydrogens is 236 g/mol. The van der Waals surface area contributed by atoms with E-state index in [0.717, 1.165) is 17.9 Å². The lowest BCUT2D eigenvalue weighted by atomic mass is 9.74. The maximum atomic E-state index is 11.9. The molecule has 1 heterocycles. The molecule has 4 atom stereocenters. The Morgan fingerprint density at radius 1 is 1.00 bits per heavy atom. The van der Waals surface area contributed by atoms with Crippen LogP contribution in [0.4, 0.5) is 0 Å². The molecule has 0 radical (unpaired) electrons. The second-order valence-electron chi connectivity index (χ2n) is 7.94. The summed E-state index contributed by atoms with van der Waals surface area (Å²) in [7, 11) is 0. The number of ether oxygens (including phenoxy) is 1. The van der Waals surface area contributed by atoms with Crippen LogP contribution in [0, 0.1) is 28.6 Å². The van der Waals surface area contributed by atoms with E-state index in [1.165, 1.54) is 44.9 Å². The predicted octanol–water partition coefficient (Wildman–Crippen LogP) is 3.46. The highest BCUT2D eigenvalue weighted by Crippen LogP contribution is 2.74. The second kappa shape index (κ2) is 3.10. The van der Waals surface area contributed by atoms with Crippen molar-refractivity contribution in [2.24, 2.45) is 28.6 Å². The second-order valence-corrected chi connectivity index (χ2v) is 7.94. The highest BCUT2D eigenvalue weighted by molar-refractivity contribution is 5.90. The number of rotatable bonds is 0. The summed E-state index contributed by atoms with van der Waals surface area (Å²) in [4.78, 5) is 11.9. The third kappa shape index (κ3) is 1.22. The third-order valence-electron chi connectivity index (χ3n) is 7.32. The lowest BCUT2D eigenvalue weighted by molar-refractivity contribution is -0.143. The molecule has 2 spiro atoms. The van der Waals surface area contributed by atoms with Gasteiger partial charge in [0.15, 0.2) is 0 Å². The van der Waals surface area contributed by atoms with E-state index in [1.807, 2.05) is 0 Å². The zero-order valence-electron chi connectivity index (χ0n) is 11.5. The number of fused-ring (bicyclic) bond motifs is 5. The molecule has 5 rings (SSSR count). The van der Waals surface area contributed by atoms with Crippen LogP contribution in [-0.4, -0.2) is 12.1 Å². The maximum Gasteiger partial charge on any atom is 0.334 e. The number of carbonyl (C=O) groups excluding carboxylic acids is 1. The lowest BCUT2D eigenvalue weighted by Gasteiger charge is -2.32. The smallest absolute Gasteiger partial charge is 0.334 e. The Hall–Kier alpha value is -0.790. The van der Waals surface area contributed by atoms with Gasteiger partial charge < -0.3 is 4.74 Å². The zero-order valence-corrected chi connectivity index (χ0v) is 11.5. The molecule has 0 aromatic rings. The van der Waals surface area contributed by atoms with Gasteiger partial charge >= 0.3 is 5.97 Å². The summed E-state index contributed by atoms with van der Waals surface area (Å²) in [6.45, 7) is 4.04. The molecule has 5 fully saturated rings. The van der Waals surface area contributed by atoms with Gasteiger partial charge in [-0.25, -0.2) is 4.79 Å². The van der Waals surface area contributed by atoms with E-state index in [2.05, 4.69) is 6.58 Å². The Kier molecular flexibility index (Phi) is 1.78. The van der Waals surface area contributed by atoms with Crippen LogP contribution in [0.25, 0.3) is 0 Å². The van der Waals surface area contributed by atoms with Gasteiger partial charge in [-0.2, -0.15) is 0 Å². The Morgan fingerprint density at radius 3 is 2.37 bits per heavy atom. The Morgan fingerprint density at radius 2 is 1.68 bits per heavy atom. The summed E-state index contributed by atoms with van der Waals surface area (Å²) in [5.41, 5.74) is 2.00. The molecule has 1 saturated heterocycles. The number of esters is 1. The number of hydrogen-bond donors (Lipinski definition) is 0. The van der Waals surface area contributed by atoms with Crippen molar-refractivity contribution in [3.05, 3.63) is 12.2 Å². The van der Waals surface area contributed by atoms with Crippen molar-refractivity contribution in [2.75, 3.05) is 0 Å². The fraction of sp³-hybridized carbons (Fsp3) is 0.824. The molecule has 0 aromatic heterocycles. The minimum atomic E-state index is -0.0943. The van der Waals surface area contributed by atoms with Gasteiger partial charge in [0.2, 0.25) is 0 Å². The van der Waals surface area contributed by atoms with Crippen LogP contribution in [0.3, 0.4) is 0 Å². The molecule has 2 heteroatoms. The first kappa shape index (κ1) is 10.9. The highest BCUT2D eigenvalue weighted by atomic mass is 16.6. The quantitative estimate of drug-likeness (QED) is 0.491. The van der Waals surface area contributed by atoms with Crippen molar-refractivity contribution < 1.29 is 9.53 Å². The van der Waals surface area contributed by atoms with Gasteiger partial charge in [-0.3, -0.25) is 0 Å². The first-order valence-electron chi connectivity index (χ1n) is 8.05. The Balaban J connectivity index is 1.60. The van der Waals surface area contributed by atoms with Crippen molar-refractivity contribution in [1.29, 1.82) is 0 Å². The predicted molar refractivity (Wildman–Crippen MR) is 71.3 cm³/mol. The summed E-state index contributed by atoms with van der Waals surface area (Å²) in [6, 6.07) is 0. The summed E-state index contributed by atoms with van der Waals surface area (Å²) >= 11 is 0. The summed E-state index contributed by atoms with van der Waals surface area (Å²) in [6.07, 6.45) is 11.1. The van der Waals surface area contributed by atoms with E-state index in [0.29, 0.717) is 22.7 Å². The fourth-order valence-corrected chi connectivity index (χ4v) is 5.93. The molecule has 0 amide bonds. The van der Waals surface area contributed by atoms with E-state index in [-0.39, 0.29) is 12.1 Å². The molecule has 0 bridgehead atoms. The van der Waals surface area contributed by atoms with Gasteiger partial charge in [0, 0.05) is 17.4 Å². The average Bonchev–Trinajstić information content (AvgIpc) is 3.26. The van der Waals surface area contributed by atoms with Crippen LogP contribution < -0.4 is 0 Å². The highest BCUT2D eigenvalue weighted by Gasteiger charge is 2.69. The molecule has 0 unspecified atom stereocenters. The van der Waals surface area contributed by atoms with E-state index in [9.17, 15) is 4.79 Å². The van der Waals surface area contributed by atoms with Crippen molar-refractivity contribution in [3.63, 3.8) is 0 Å². The van der Waals surface area contributed by atoms with Gasteiger partial charge in [-0.05, 0) is 68.1 Å². The van der Waals surface area contributed by atoms with Gasteiger partial charge in [0.05, 0.1) is 0 Å². The molecule has 1 aliphatic heterocycles. The van der Waals surface area contributed by atoms with Gasteiger partial charge in [0.25, 0.3) is 0 Å². The molecule has 2 nitrogen and oxygen atoms in total. The molecule has 4 aliphatic carbocycles. The van der Waals surface area contributed by atoms with Crippen molar-refractivity contribution in [1.82, 2.24) is 0 Å². The standard InChI is InChI=1S/C17H22O2/c1-10-11-2-4-16(6-7-16)12-3-5-17(8-9-17)13(12)14(11)19-15(10)18/h11-14H,1-9H2/t11-,12+,13-,14-/m0/s1. The zero-order chi connectivity index (χ0) is 12.8. The molecule has 0 N–H and O–H groups in total. The molecule has 19 heavy (non-hydrogen) atoms. The lowest BCUT2D eigenvalue weighted by Crippen LogP contribution is -2.34. The van der Waals surface area contributed by atoms with Crippen LogP contribution in [-0.2, 0) is 9.53 Å². The van der Waals surface area contributed by atoms with Crippen molar-refractivity contribution in [3.8, 4) is 0 Å². The van der Waals surface area contributed by atoms with E-state index in [1.54, 1.807) is 0 Å². The molecule has 0 aromatic carbocycles. The van der Waals surface area contributed by atoms with Crippen LogP contribution in [0.15, 0.2) is 12.2 Å². The SMILES string of the molecule is C=C1C(=O)O[C@@H]2[C@@H]3[C@@H](CCC34CC4)C3(CC[C@@H]12)CC3. The molecule has 102 valence electrons. The van der Waals surface area contributed by atoms with Crippen LogP contribution in [0.1, 0.15) is 51.4 Å². The van der Waals surface area contributed by atoms with Gasteiger partial charge in [0.1, 0.15) is 6.10 Å². The topological polar surface area (TPSA) is 26.3 Å². The van der Waals surface area contributed by atoms with E-state index >= 15 is 0 Å². The van der Waals surface area contributed by atoms with Gasteiger partial charge in [-0.1, -0.05) is 6.58 Å². The molecular formula is C17H22O2. The Labute approximate surface area is 114 Å². The Bertz CT molecular complexity index is 483. The monoisotopic (exact) mass is 258 g/mol. The van der Waals surface area contributed by atoms with Crippen molar-refractivity contribution in [2.45, 2.75) is 57.5 Å². The average molecular weight is 258 g/mol. The van der Waals surface area contributed by atoms with Crippen LogP contribution in [0.2, 0.25) is 0 Å². The summed E-state index contributed by atoms with van der Waals surface area (Å²) in [5.74, 6) is 1.77. The minimum absolute atomic E-state index is 0.0943. The molecule has 4 saturated carbocycles. The normalized spacial score (nSPS) is 47.8. The fourth-order valence-electron chi connectivity index (χ4n) is 5.93. The number of carbonyl (C=O) groups is 1. The maximum absolute atomic E-state index is 11.9. The largest absolute Gasteiger partial charge is 0.458 e. The first-order valence-corrected chi connectivity index (χ1v) is 8.05. The minimum Gasteiger partial charge on any atom is -0.458 e. The molecule has 5 aliphatic rings. The summed E-state index contributed by atoms with van der Waals surface area (Å²) < 4.78 is 5.83. The van der Waals surface area contributed by atoms with Gasteiger partial charge in [-0.15, -0.1) is 0 Å². The summed E-state index contributed by atoms with van der Waals surface area (Å²) in [5, 5.41) is 0. The van der Waals surface area contributed by atoms with E-state index < -0.39 is 0 Å². The number of hydrogen-bond acceptors (Lipinski definition) is 2.